The minimum Gasteiger partial charge on any atom is -0.460 e. The largest absolute Gasteiger partial charge is 0.460 e. The highest BCUT2D eigenvalue weighted by atomic mass is 16.6. The number of ether oxygens (including phenoxy) is 6. The van der Waals surface area contributed by atoms with Crippen molar-refractivity contribution in [1.82, 2.24) is 0 Å². The first-order valence-corrected chi connectivity index (χ1v) is 11.9. The molecule has 0 radical (unpaired) electrons. The van der Waals surface area contributed by atoms with E-state index >= 15 is 0 Å². The number of non-ortho nitro benzene ring substituents is 1. The van der Waals surface area contributed by atoms with E-state index in [1.165, 1.54) is 12.1 Å². The molecule has 1 aromatic carbocycles. The highest BCUT2D eigenvalue weighted by Gasteiger charge is 2.19. The topological polar surface area (TPSA) is 171 Å². The fourth-order valence-corrected chi connectivity index (χ4v) is 2.72. The van der Waals surface area contributed by atoms with Crippen LogP contribution in [0.3, 0.4) is 0 Å². The van der Waals surface area contributed by atoms with Gasteiger partial charge in [-0.15, -0.1) is 0 Å². The first-order valence-electron chi connectivity index (χ1n) is 11.9. The third-order valence-electron chi connectivity index (χ3n) is 4.31. The number of hydrogen-bond acceptors (Lipinski definition) is 12. The van der Waals surface area contributed by atoms with Crippen LogP contribution in [0.25, 0.3) is 0 Å². The third kappa shape index (κ3) is 16.5. The Balaban J connectivity index is 1.90. The Morgan fingerprint density at radius 3 is 1.73 bits per heavy atom. The number of carbonyl (C=O) groups excluding carboxylic acids is 1. The quantitative estimate of drug-likeness (QED) is 0.107. The fourth-order valence-electron chi connectivity index (χ4n) is 2.72. The molecule has 1 aromatic rings. The number of hydrogen-bond donors (Lipinski definition) is 1. The van der Waals surface area contributed by atoms with E-state index < -0.39 is 15.4 Å². The summed E-state index contributed by atoms with van der Waals surface area (Å²) in [5, 5.41) is 24.7. The molecule has 0 aliphatic rings. The smallest absolute Gasteiger partial charge is 0.308 e. The Morgan fingerprint density at radius 2 is 1.27 bits per heavy atom. The standard InChI is InChI=1S/C23H37N3O11/c1-23(2,3)37-22(27)6-8-32-10-12-34-14-16-36-17-15-35-13-11-33-9-7-24-20-5-4-19(25(28)29)18-21(20)26(30)31/h4-5,18,24H,6-17H2,1-3H3. The molecule has 0 amide bonds. The highest BCUT2D eigenvalue weighted by molar-refractivity contribution is 5.69. The molecule has 0 unspecified atom stereocenters. The molecule has 0 spiro atoms. The lowest BCUT2D eigenvalue weighted by molar-refractivity contribution is -0.393. The third-order valence-corrected chi connectivity index (χ3v) is 4.31. The summed E-state index contributed by atoms with van der Waals surface area (Å²) in [5.74, 6) is -0.291. The number of rotatable bonds is 21. The lowest BCUT2D eigenvalue weighted by atomic mass is 10.2. The molecule has 0 heterocycles. The average Bonchev–Trinajstić information content (AvgIpc) is 2.82. The van der Waals surface area contributed by atoms with Gasteiger partial charge in [0.2, 0.25) is 0 Å². The van der Waals surface area contributed by atoms with Crippen LogP contribution in [-0.2, 0) is 33.2 Å². The predicted octanol–water partition coefficient (Wildman–Crippen LogP) is 2.73. The molecule has 0 bridgehead atoms. The van der Waals surface area contributed by atoms with Crippen LogP contribution < -0.4 is 5.32 Å². The maximum Gasteiger partial charge on any atom is 0.308 e. The molecule has 0 aromatic heterocycles. The predicted molar refractivity (Wildman–Crippen MR) is 133 cm³/mol. The zero-order chi connectivity index (χ0) is 27.5. The number of nitrogens with zero attached hydrogens (tertiary/aromatic N) is 2. The number of anilines is 1. The maximum absolute atomic E-state index is 11.5. The number of nitro benzene ring substituents is 2. The van der Waals surface area contributed by atoms with Gasteiger partial charge in [-0.05, 0) is 26.8 Å². The van der Waals surface area contributed by atoms with Gasteiger partial charge < -0.3 is 33.7 Å². The summed E-state index contributed by atoms with van der Waals surface area (Å²) in [6.45, 7) is 9.40. The number of carbonyl (C=O) groups is 1. The molecule has 14 heteroatoms. The molecule has 14 nitrogen and oxygen atoms in total. The highest BCUT2D eigenvalue weighted by Crippen LogP contribution is 2.28. The van der Waals surface area contributed by atoms with Crippen molar-refractivity contribution in [2.24, 2.45) is 0 Å². The van der Waals surface area contributed by atoms with Crippen molar-refractivity contribution in [2.45, 2.75) is 32.8 Å². The fraction of sp³-hybridized carbons (Fsp3) is 0.696. The summed E-state index contributed by atoms with van der Waals surface area (Å²) < 4.78 is 32.0. The first kappa shape index (κ1) is 32.1. The second-order valence-corrected chi connectivity index (χ2v) is 8.54. The molecule has 0 aliphatic carbocycles. The van der Waals surface area contributed by atoms with E-state index in [4.69, 9.17) is 28.4 Å². The summed E-state index contributed by atoms with van der Waals surface area (Å²) in [7, 11) is 0. The Hall–Kier alpha value is -2.91. The number of nitrogens with one attached hydrogen (secondary N) is 1. The van der Waals surface area contributed by atoms with Crippen LogP contribution in [0.5, 0.6) is 0 Å². The van der Waals surface area contributed by atoms with Gasteiger partial charge in [0.1, 0.15) is 11.3 Å². The van der Waals surface area contributed by atoms with Crippen LogP contribution in [0.1, 0.15) is 27.2 Å². The van der Waals surface area contributed by atoms with Gasteiger partial charge >= 0.3 is 5.97 Å². The van der Waals surface area contributed by atoms with Crippen LogP contribution in [-0.4, -0.2) is 94.0 Å². The molecule has 0 atom stereocenters. The molecule has 1 N–H and O–H groups in total. The van der Waals surface area contributed by atoms with Crippen LogP contribution in [0.15, 0.2) is 18.2 Å². The average molecular weight is 532 g/mol. The SMILES string of the molecule is CC(C)(C)OC(=O)CCOCCOCCOCCOCCOCCNc1ccc([N+](=O)[O-])cc1[N+](=O)[O-]. The van der Waals surface area contributed by atoms with Crippen molar-refractivity contribution < 1.29 is 43.1 Å². The molecule has 0 aliphatic heterocycles. The van der Waals surface area contributed by atoms with Gasteiger partial charge in [-0.2, -0.15) is 0 Å². The Kier molecular flexibility index (Phi) is 15.9. The zero-order valence-electron chi connectivity index (χ0n) is 21.6. The lowest BCUT2D eigenvalue weighted by Gasteiger charge is -2.19. The molecular weight excluding hydrogens is 494 g/mol. The van der Waals surface area contributed by atoms with Crippen LogP contribution in [0, 0.1) is 20.2 Å². The minimum absolute atomic E-state index is 0.183. The summed E-state index contributed by atoms with van der Waals surface area (Å²) >= 11 is 0. The zero-order valence-corrected chi connectivity index (χ0v) is 21.6. The molecular formula is C23H37N3O11. The van der Waals surface area contributed by atoms with Crippen LogP contribution in [0.2, 0.25) is 0 Å². The summed E-state index contributed by atoms with van der Waals surface area (Å²) in [5.41, 5.74) is -1.03. The Bertz CT molecular complexity index is 831. The van der Waals surface area contributed by atoms with Gasteiger partial charge in [-0.1, -0.05) is 0 Å². The van der Waals surface area contributed by atoms with Crippen molar-refractivity contribution in [1.29, 1.82) is 0 Å². The lowest BCUT2D eigenvalue weighted by Crippen LogP contribution is -2.24. The van der Waals surface area contributed by atoms with Crippen molar-refractivity contribution in [3.63, 3.8) is 0 Å². The van der Waals surface area contributed by atoms with Crippen molar-refractivity contribution in [2.75, 3.05) is 77.9 Å². The van der Waals surface area contributed by atoms with E-state index in [-0.39, 0.29) is 49.2 Å². The second kappa shape index (κ2) is 18.4. The first-order chi connectivity index (χ1) is 17.6. The summed E-state index contributed by atoms with van der Waals surface area (Å²) in [4.78, 5) is 32.0. The molecule has 0 saturated carbocycles. The Labute approximate surface area is 215 Å². The van der Waals surface area contributed by atoms with Crippen LogP contribution >= 0.6 is 0 Å². The normalized spacial score (nSPS) is 11.3. The minimum atomic E-state index is -0.686. The van der Waals surface area contributed by atoms with Gasteiger partial charge in [-0.25, -0.2) is 0 Å². The van der Waals surface area contributed by atoms with Crippen molar-refractivity contribution >= 4 is 23.0 Å². The van der Waals surface area contributed by atoms with E-state index in [0.29, 0.717) is 52.9 Å². The van der Waals surface area contributed by atoms with Gasteiger partial charge in [0.15, 0.2) is 0 Å². The monoisotopic (exact) mass is 531 g/mol. The number of nitro groups is 2. The molecule has 1 rings (SSSR count). The molecule has 0 fully saturated rings. The Morgan fingerprint density at radius 1 is 0.784 bits per heavy atom. The summed E-state index contributed by atoms with van der Waals surface area (Å²) in [6, 6.07) is 3.41. The van der Waals surface area contributed by atoms with E-state index in [0.717, 1.165) is 6.07 Å². The molecule has 0 saturated heterocycles. The number of benzene rings is 1. The van der Waals surface area contributed by atoms with E-state index in [2.05, 4.69) is 5.32 Å². The van der Waals surface area contributed by atoms with Gasteiger partial charge in [0.05, 0.1) is 88.4 Å². The van der Waals surface area contributed by atoms with E-state index in [1.807, 2.05) is 20.8 Å². The van der Waals surface area contributed by atoms with Crippen molar-refractivity contribution in [3.8, 4) is 0 Å². The van der Waals surface area contributed by atoms with Gasteiger partial charge in [0, 0.05) is 12.6 Å². The summed E-state index contributed by atoms with van der Waals surface area (Å²) in [6.07, 6.45) is 0.204. The van der Waals surface area contributed by atoms with E-state index in [1.54, 1.807) is 0 Å². The van der Waals surface area contributed by atoms with Crippen molar-refractivity contribution in [3.05, 3.63) is 38.4 Å². The molecule has 37 heavy (non-hydrogen) atoms. The molecule has 210 valence electrons. The second-order valence-electron chi connectivity index (χ2n) is 8.54. The maximum atomic E-state index is 11.5. The number of esters is 1. The van der Waals surface area contributed by atoms with Gasteiger partial charge in [-0.3, -0.25) is 25.0 Å². The van der Waals surface area contributed by atoms with Crippen LogP contribution in [0.4, 0.5) is 17.1 Å². The van der Waals surface area contributed by atoms with E-state index in [9.17, 15) is 25.0 Å². The van der Waals surface area contributed by atoms with Gasteiger partial charge in [0.25, 0.3) is 11.4 Å².